The molecule has 2 atom stereocenters. The van der Waals surface area contributed by atoms with E-state index < -0.39 is 0 Å². The minimum absolute atomic E-state index is 0.282. The van der Waals surface area contributed by atoms with Crippen LogP contribution in [0.3, 0.4) is 0 Å². The van der Waals surface area contributed by atoms with Crippen molar-refractivity contribution < 1.29 is 10.2 Å². The summed E-state index contributed by atoms with van der Waals surface area (Å²) >= 11 is 0. The van der Waals surface area contributed by atoms with Gasteiger partial charge in [-0.2, -0.15) is 0 Å². The number of hydrogen-bond acceptors (Lipinski definition) is 2. The van der Waals surface area contributed by atoms with Crippen molar-refractivity contribution in [1.82, 2.24) is 0 Å². The zero-order chi connectivity index (χ0) is 9.97. The van der Waals surface area contributed by atoms with Crippen LogP contribution in [0.15, 0.2) is 24.3 Å². The van der Waals surface area contributed by atoms with Gasteiger partial charge in [-0.05, 0) is 42.7 Å². The third-order valence-corrected chi connectivity index (χ3v) is 2.99. The number of para-hydroxylation sites is 1. The van der Waals surface area contributed by atoms with E-state index in [2.05, 4.69) is 0 Å². The highest BCUT2D eigenvalue weighted by molar-refractivity contribution is 5.38. The van der Waals surface area contributed by atoms with Crippen LogP contribution in [0.25, 0.3) is 0 Å². The number of phenolic OH excluding ortho intramolecular Hbond substituents is 1. The number of aliphatic hydroxyl groups is 1. The van der Waals surface area contributed by atoms with Crippen LogP contribution >= 0.6 is 0 Å². The summed E-state index contributed by atoms with van der Waals surface area (Å²) in [5.41, 5.74) is 1.08. The molecule has 0 heterocycles. The maximum atomic E-state index is 9.61. The van der Waals surface area contributed by atoms with Crippen molar-refractivity contribution in [2.75, 3.05) is 6.61 Å². The summed E-state index contributed by atoms with van der Waals surface area (Å²) in [6, 6.07) is 7.57. The molecule has 0 aliphatic heterocycles. The summed E-state index contributed by atoms with van der Waals surface area (Å²) in [5.74, 6) is 1.63. The third-order valence-electron chi connectivity index (χ3n) is 2.99. The Morgan fingerprint density at radius 2 is 2.07 bits per heavy atom. The van der Waals surface area contributed by atoms with Crippen molar-refractivity contribution in [3.8, 4) is 5.75 Å². The van der Waals surface area contributed by atoms with Crippen molar-refractivity contribution in [2.45, 2.75) is 25.2 Å². The molecule has 1 aliphatic carbocycles. The Morgan fingerprint density at radius 1 is 1.29 bits per heavy atom. The number of hydrogen-bond donors (Lipinski definition) is 2. The smallest absolute Gasteiger partial charge is 0.119 e. The first-order valence-corrected chi connectivity index (χ1v) is 5.21. The second-order valence-corrected chi connectivity index (χ2v) is 4.03. The Hall–Kier alpha value is -1.02. The highest BCUT2D eigenvalue weighted by Gasteiger charge is 2.38. The van der Waals surface area contributed by atoms with Gasteiger partial charge in [0.05, 0.1) is 0 Å². The summed E-state index contributed by atoms with van der Waals surface area (Å²) in [7, 11) is 0. The Labute approximate surface area is 84.2 Å². The number of phenols is 1. The fourth-order valence-corrected chi connectivity index (χ4v) is 2.10. The van der Waals surface area contributed by atoms with E-state index in [4.69, 9.17) is 5.11 Å². The average molecular weight is 192 g/mol. The van der Waals surface area contributed by atoms with Gasteiger partial charge < -0.3 is 10.2 Å². The van der Waals surface area contributed by atoms with Crippen LogP contribution in [0.1, 0.15) is 30.7 Å². The van der Waals surface area contributed by atoms with Gasteiger partial charge in [-0.15, -0.1) is 0 Å². The van der Waals surface area contributed by atoms with Crippen molar-refractivity contribution >= 4 is 0 Å². The molecule has 1 saturated carbocycles. The van der Waals surface area contributed by atoms with Gasteiger partial charge in [0.2, 0.25) is 0 Å². The van der Waals surface area contributed by atoms with Gasteiger partial charge >= 0.3 is 0 Å². The van der Waals surface area contributed by atoms with Crippen LogP contribution in [-0.2, 0) is 0 Å². The monoisotopic (exact) mass is 192 g/mol. The molecule has 1 aliphatic rings. The molecular weight excluding hydrogens is 176 g/mol. The highest BCUT2D eigenvalue weighted by atomic mass is 16.3. The van der Waals surface area contributed by atoms with Gasteiger partial charge in [-0.1, -0.05) is 18.2 Å². The lowest BCUT2D eigenvalue weighted by molar-refractivity contribution is 0.281. The first-order valence-electron chi connectivity index (χ1n) is 5.21. The molecule has 0 amide bonds. The van der Waals surface area contributed by atoms with Crippen molar-refractivity contribution in [1.29, 1.82) is 0 Å². The van der Waals surface area contributed by atoms with Gasteiger partial charge in [-0.3, -0.25) is 0 Å². The lowest BCUT2D eigenvalue weighted by Crippen LogP contribution is -1.87. The van der Waals surface area contributed by atoms with E-state index in [1.54, 1.807) is 6.07 Å². The van der Waals surface area contributed by atoms with Gasteiger partial charge in [-0.25, -0.2) is 0 Å². The molecule has 2 rings (SSSR count). The molecule has 2 N–H and O–H groups in total. The van der Waals surface area contributed by atoms with Crippen molar-refractivity contribution in [3.63, 3.8) is 0 Å². The fraction of sp³-hybridized carbons (Fsp3) is 0.500. The minimum atomic E-state index is 0.282. The van der Waals surface area contributed by atoms with Crippen molar-refractivity contribution in [2.24, 2.45) is 5.92 Å². The quantitative estimate of drug-likeness (QED) is 0.768. The molecule has 0 radical (unpaired) electrons. The van der Waals surface area contributed by atoms with Crippen LogP contribution in [-0.4, -0.2) is 16.8 Å². The van der Waals surface area contributed by atoms with Gasteiger partial charge in [0.1, 0.15) is 5.75 Å². The Morgan fingerprint density at radius 3 is 2.79 bits per heavy atom. The van der Waals surface area contributed by atoms with E-state index in [1.807, 2.05) is 18.2 Å². The summed E-state index contributed by atoms with van der Waals surface area (Å²) in [6.45, 7) is 0.282. The van der Waals surface area contributed by atoms with E-state index in [0.717, 1.165) is 24.8 Å². The zero-order valence-electron chi connectivity index (χ0n) is 8.19. The first kappa shape index (κ1) is 9.53. The lowest BCUT2D eigenvalue weighted by Gasteiger charge is -2.02. The predicted molar refractivity (Wildman–Crippen MR) is 55.3 cm³/mol. The summed E-state index contributed by atoms with van der Waals surface area (Å²) in [5, 5.41) is 18.3. The largest absolute Gasteiger partial charge is 0.508 e. The highest BCUT2D eigenvalue weighted by Crippen LogP contribution is 2.52. The molecule has 1 aromatic rings. The van der Waals surface area contributed by atoms with Crippen LogP contribution < -0.4 is 0 Å². The van der Waals surface area contributed by atoms with Crippen LogP contribution in [0.5, 0.6) is 5.75 Å². The molecule has 0 saturated heterocycles. The topological polar surface area (TPSA) is 40.5 Å². The van der Waals surface area contributed by atoms with Gasteiger partial charge in [0, 0.05) is 6.61 Å². The summed E-state index contributed by atoms with van der Waals surface area (Å²) < 4.78 is 0. The standard InChI is InChI=1S/C12H16O2/c13-7-3-4-9-8-11(9)10-5-1-2-6-12(10)14/h1-2,5-6,9,11,13-14H,3-4,7-8H2/t9-,11+/m0/s1. The Bertz CT molecular complexity index is 309. The van der Waals surface area contributed by atoms with Crippen LogP contribution in [0, 0.1) is 5.92 Å². The van der Waals surface area contributed by atoms with Gasteiger partial charge in [0.25, 0.3) is 0 Å². The summed E-state index contributed by atoms with van der Waals surface area (Å²) in [4.78, 5) is 0. The first-order chi connectivity index (χ1) is 6.83. The van der Waals surface area contributed by atoms with E-state index >= 15 is 0 Å². The molecular formula is C12H16O2. The predicted octanol–water partition coefficient (Wildman–Crippen LogP) is 2.27. The second kappa shape index (κ2) is 4.01. The van der Waals surface area contributed by atoms with E-state index in [0.29, 0.717) is 17.6 Å². The molecule has 2 heteroatoms. The van der Waals surface area contributed by atoms with E-state index in [1.165, 1.54) is 0 Å². The van der Waals surface area contributed by atoms with Crippen molar-refractivity contribution in [3.05, 3.63) is 29.8 Å². The molecule has 0 spiro atoms. The van der Waals surface area contributed by atoms with E-state index in [-0.39, 0.29) is 6.61 Å². The van der Waals surface area contributed by atoms with Gasteiger partial charge in [0.15, 0.2) is 0 Å². The number of aliphatic hydroxyl groups excluding tert-OH is 1. The second-order valence-electron chi connectivity index (χ2n) is 4.03. The zero-order valence-corrected chi connectivity index (χ0v) is 8.19. The molecule has 76 valence electrons. The Kier molecular flexibility index (Phi) is 2.73. The minimum Gasteiger partial charge on any atom is -0.508 e. The SMILES string of the molecule is OCCC[C@H]1C[C@H]1c1ccccc1O. The fourth-order valence-electron chi connectivity index (χ4n) is 2.10. The third kappa shape index (κ3) is 1.90. The average Bonchev–Trinajstić information content (AvgIpc) is 2.95. The maximum Gasteiger partial charge on any atom is 0.119 e. The molecule has 2 nitrogen and oxygen atoms in total. The Balaban J connectivity index is 1.96. The summed E-state index contributed by atoms with van der Waals surface area (Å²) in [6.07, 6.45) is 3.13. The molecule has 1 aromatic carbocycles. The number of aromatic hydroxyl groups is 1. The number of rotatable bonds is 4. The maximum absolute atomic E-state index is 9.61. The van der Waals surface area contributed by atoms with E-state index in [9.17, 15) is 5.11 Å². The molecule has 0 aromatic heterocycles. The lowest BCUT2D eigenvalue weighted by atomic mass is 10.1. The van der Waals surface area contributed by atoms with Crippen LogP contribution in [0.2, 0.25) is 0 Å². The molecule has 0 unspecified atom stereocenters. The molecule has 14 heavy (non-hydrogen) atoms. The van der Waals surface area contributed by atoms with Crippen LogP contribution in [0.4, 0.5) is 0 Å². The molecule has 1 fully saturated rings. The number of benzene rings is 1. The normalized spacial score (nSPS) is 24.9. The molecule has 0 bridgehead atoms.